The van der Waals surface area contributed by atoms with Crippen molar-refractivity contribution in [2.24, 2.45) is 5.73 Å². The lowest BCUT2D eigenvalue weighted by Gasteiger charge is -2.42. The molecule has 4 heteroatoms. The van der Waals surface area contributed by atoms with Crippen LogP contribution in [0.5, 0.6) is 5.75 Å². The Morgan fingerprint density at radius 3 is 2.65 bits per heavy atom. The van der Waals surface area contributed by atoms with Gasteiger partial charge < -0.3 is 10.8 Å². The zero-order valence-electron chi connectivity index (χ0n) is 10.4. The summed E-state index contributed by atoms with van der Waals surface area (Å²) in [5.74, 6) is 0.335. The van der Waals surface area contributed by atoms with E-state index in [1.54, 1.807) is 6.07 Å². The van der Waals surface area contributed by atoms with Crippen LogP contribution in [-0.4, -0.2) is 22.7 Å². The Hall–Kier alpha value is -0.380. The molecule has 0 fully saturated rings. The second-order valence-corrected chi connectivity index (χ2v) is 6.14. The van der Waals surface area contributed by atoms with Crippen molar-refractivity contribution in [3.05, 3.63) is 29.3 Å². The SMILES string of the molecule is CSC1Cc2ccc(O)cc2C(C)(C)C1N.Cl. The van der Waals surface area contributed by atoms with Crippen LogP contribution in [0.4, 0.5) is 0 Å². The smallest absolute Gasteiger partial charge is 0.115 e. The number of benzene rings is 1. The minimum absolute atomic E-state index is 0. The molecule has 0 radical (unpaired) electrons. The number of halogens is 1. The fourth-order valence-electron chi connectivity index (χ4n) is 2.56. The topological polar surface area (TPSA) is 46.2 Å². The number of aromatic hydroxyl groups is 1. The fraction of sp³-hybridized carbons (Fsp3) is 0.538. The molecule has 0 saturated carbocycles. The second-order valence-electron chi connectivity index (χ2n) is 5.07. The van der Waals surface area contributed by atoms with Gasteiger partial charge >= 0.3 is 0 Å². The number of nitrogens with two attached hydrogens (primary N) is 1. The molecule has 3 N–H and O–H groups in total. The van der Waals surface area contributed by atoms with Crippen molar-refractivity contribution >= 4 is 24.2 Å². The van der Waals surface area contributed by atoms with Gasteiger partial charge in [0, 0.05) is 16.7 Å². The molecule has 17 heavy (non-hydrogen) atoms. The van der Waals surface area contributed by atoms with E-state index < -0.39 is 0 Å². The van der Waals surface area contributed by atoms with E-state index in [9.17, 15) is 5.11 Å². The molecule has 0 amide bonds. The molecular weight excluding hydrogens is 254 g/mol. The predicted molar refractivity (Wildman–Crippen MR) is 77.4 cm³/mol. The summed E-state index contributed by atoms with van der Waals surface area (Å²) in [4.78, 5) is 0. The van der Waals surface area contributed by atoms with Gasteiger partial charge in [-0.25, -0.2) is 0 Å². The Labute approximate surface area is 113 Å². The van der Waals surface area contributed by atoms with Crippen molar-refractivity contribution in [2.45, 2.75) is 37.0 Å². The molecule has 0 aliphatic heterocycles. The first kappa shape index (κ1) is 14.7. The molecule has 0 spiro atoms. The lowest BCUT2D eigenvalue weighted by molar-refractivity contribution is 0.369. The highest BCUT2D eigenvalue weighted by molar-refractivity contribution is 7.99. The summed E-state index contributed by atoms with van der Waals surface area (Å²) >= 11 is 1.84. The highest BCUT2D eigenvalue weighted by atomic mass is 35.5. The van der Waals surface area contributed by atoms with Crippen LogP contribution in [-0.2, 0) is 11.8 Å². The van der Waals surface area contributed by atoms with E-state index in [0.717, 1.165) is 6.42 Å². The van der Waals surface area contributed by atoms with Crippen molar-refractivity contribution in [1.82, 2.24) is 0 Å². The number of phenolic OH excluding ortho intramolecular Hbond substituents is 1. The van der Waals surface area contributed by atoms with Crippen molar-refractivity contribution in [3.63, 3.8) is 0 Å². The molecule has 0 aromatic heterocycles. The third kappa shape index (κ3) is 2.42. The van der Waals surface area contributed by atoms with Crippen molar-refractivity contribution in [1.29, 1.82) is 0 Å². The summed E-state index contributed by atoms with van der Waals surface area (Å²) in [6, 6.07) is 5.80. The standard InChI is InChI=1S/C13H19NOS.ClH/c1-13(2)10-7-9(15)5-4-8(10)6-11(16-3)12(13)14;/h4-5,7,11-12,15H,6,14H2,1-3H3;1H. The molecule has 0 saturated heterocycles. The average molecular weight is 274 g/mol. The van der Waals surface area contributed by atoms with Gasteiger partial charge in [-0.05, 0) is 35.9 Å². The minimum atomic E-state index is -0.0694. The molecule has 96 valence electrons. The van der Waals surface area contributed by atoms with Crippen molar-refractivity contribution in [3.8, 4) is 5.75 Å². The predicted octanol–water partition coefficient (Wildman–Crippen LogP) is 2.71. The fourth-order valence-corrected chi connectivity index (χ4v) is 3.54. The van der Waals surface area contributed by atoms with Gasteiger partial charge in [0.05, 0.1) is 0 Å². The molecule has 1 aromatic carbocycles. The molecule has 1 aromatic rings. The van der Waals surface area contributed by atoms with Crippen LogP contribution < -0.4 is 5.73 Å². The van der Waals surface area contributed by atoms with Crippen LogP contribution >= 0.6 is 24.2 Å². The highest BCUT2D eigenvalue weighted by Gasteiger charge is 2.39. The Morgan fingerprint density at radius 1 is 1.41 bits per heavy atom. The maximum Gasteiger partial charge on any atom is 0.115 e. The molecule has 2 atom stereocenters. The van der Waals surface area contributed by atoms with Crippen molar-refractivity contribution < 1.29 is 5.11 Å². The molecule has 2 rings (SSSR count). The van der Waals surface area contributed by atoms with Crippen LogP contribution in [0.1, 0.15) is 25.0 Å². The van der Waals surface area contributed by atoms with Crippen LogP contribution in [0, 0.1) is 0 Å². The van der Waals surface area contributed by atoms with E-state index in [1.165, 1.54) is 11.1 Å². The average Bonchev–Trinajstić information content (AvgIpc) is 2.25. The van der Waals surface area contributed by atoms with Gasteiger partial charge in [0.25, 0.3) is 0 Å². The molecule has 2 unspecified atom stereocenters. The summed E-state index contributed by atoms with van der Waals surface area (Å²) in [6.45, 7) is 4.33. The number of thioether (sulfide) groups is 1. The third-order valence-corrected chi connectivity index (χ3v) is 4.81. The lowest BCUT2D eigenvalue weighted by atomic mass is 9.69. The first-order chi connectivity index (χ1) is 7.46. The zero-order chi connectivity index (χ0) is 11.9. The zero-order valence-corrected chi connectivity index (χ0v) is 12.1. The van der Waals surface area contributed by atoms with Gasteiger partial charge in [-0.2, -0.15) is 11.8 Å². The summed E-state index contributed by atoms with van der Waals surface area (Å²) in [7, 11) is 0. The molecule has 2 nitrogen and oxygen atoms in total. The maximum atomic E-state index is 9.58. The lowest BCUT2D eigenvalue weighted by Crippen LogP contribution is -2.52. The monoisotopic (exact) mass is 273 g/mol. The van der Waals surface area contributed by atoms with Crippen LogP contribution in [0.15, 0.2) is 18.2 Å². The van der Waals surface area contributed by atoms with Crippen LogP contribution in [0.3, 0.4) is 0 Å². The molecular formula is C13H20ClNOS. The minimum Gasteiger partial charge on any atom is -0.508 e. The van der Waals surface area contributed by atoms with Gasteiger partial charge in [0.1, 0.15) is 5.75 Å². The Morgan fingerprint density at radius 2 is 2.06 bits per heavy atom. The largest absolute Gasteiger partial charge is 0.508 e. The number of hydrogen-bond acceptors (Lipinski definition) is 3. The summed E-state index contributed by atoms with van der Waals surface area (Å²) in [6.07, 6.45) is 3.12. The van der Waals surface area contributed by atoms with E-state index in [2.05, 4.69) is 20.1 Å². The molecule has 0 bridgehead atoms. The van der Waals surface area contributed by atoms with E-state index in [4.69, 9.17) is 5.73 Å². The Kier molecular flexibility index (Phi) is 4.39. The quantitative estimate of drug-likeness (QED) is 0.827. The van der Waals surface area contributed by atoms with Gasteiger partial charge in [-0.15, -0.1) is 12.4 Å². The number of hydrogen-bond donors (Lipinski definition) is 2. The van der Waals surface area contributed by atoms with Gasteiger partial charge in [0.15, 0.2) is 0 Å². The highest BCUT2D eigenvalue weighted by Crippen LogP contribution is 2.40. The first-order valence-corrected chi connectivity index (χ1v) is 6.86. The van der Waals surface area contributed by atoms with E-state index >= 15 is 0 Å². The summed E-state index contributed by atoms with van der Waals surface area (Å²) in [5.41, 5.74) is 8.78. The van der Waals surface area contributed by atoms with Gasteiger partial charge in [0.2, 0.25) is 0 Å². The second kappa shape index (κ2) is 5.09. The van der Waals surface area contributed by atoms with Crippen LogP contribution in [0.25, 0.3) is 0 Å². The Balaban J connectivity index is 0.00000144. The third-order valence-electron chi connectivity index (χ3n) is 3.75. The molecule has 0 heterocycles. The molecule has 1 aliphatic rings. The number of phenols is 1. The summed E-state index contributed by atoms with van der Waals surface area (Å²) in [5, 5.41) is 10.0. The Bertz CT molecular complexity index is 408. The van der Waals surface area contributed by atoms with Crippen LogP contribution in [0.2, 0.25) is 0 Å². The van der Waals surface area contributed by atoms with Gasteiger partial charge in [-0.3, -0.25) is 0 Å². The first-order valence-electron chi connectivity index (χ1n) is 5.57. The molecule has 1 aliphatic carbocycles. The maximum absolute atomic E-state index is 9.58. The summed E-state index contributed by atoms with van der Waals surface area (Å²) < 4.78 is 0. The normalized spacial score (nSPS) is 25.9. The van der Waals surface area contributed by atoms with E-state index in [1.807, 2.05) is 23.9 Å². The van der Waals surface area contributed by atoms with Crippen molar-refractivity contribution in [2.75, 3.05) is 6.26 Å². The van der Waals surface area contributed by atoms with Gasteiger partial charge in [-0.1, -0.05) is 19.9 Å². The van der Waals surface area contributed by atoms with E-state index in [0.29, 0.717) is 11.0 Å². The number of fused-ring (bicyclic) bond motifs is 1. The number of rotatable bonds is 1. The van der Waals surface area contributed by atoms with E-state index in [-0.39, 0.29) is 23.9 Å².